The zero-order valence-corrected chi connectivity index (χ0v) is 13.5. The fourth-order valence-corrected chi connectivity index (χ4v) is 2.81. The zero-order valence-electron chi connectivity index (χ0n) is 13.5. The Kier molecular flexibility index (Phi) is 5.98. The average molecular weight is 305 g/mol. The normalized spacial score (nSPS) is 17.8. The Morgan fingerprint density at radius 1 is 1.27 bits per heavy atom. The van der Waals surface area contributed by atoms with Crippen molar-refractivity contribution in [2.45, 2.75) is 44.6 Å². The highest BCUT2D eigenvalue weighted by atomic mass is 16.5. The molecule has 1 unspecified atom stereocenters. The molecular weight excluding hydrogens is 278 g/mol. The predicted molar refractivity (Wildman–Crippen MR) is 86.6 cm³/mol. The highest BCUT2D eigenvalue weighted by Crippen LogP contribution is 2.43. The number of aliphatic hydroxyl groups is 1. The Bertz CT molecular complexity index is 468. The lowest BCUT2D eigenvalue weighted by atomic mass is 9.64. The van der Waals surface area contributed by atoms with Crippen LogP contribution in [0.1, 0.15) is 38.7 Å². The van der Waals surface area contributed by atoms with Gasteiger partial charge in [-0.05, 0) is 24.3 Å². The van der Waals surface area contributed by atoms with Crippen LogP contribution in [0.4, 0.5) is 0 Å². The van der Waals surface area contributed by atoms with Crippen molar-refractivity contribution >= 4 is 5.91 Å². The number of nitrogens with one attached hydrogen (secondary N) is 1. The summed E-state index contributed by atoms with van der Waals surface area (Å²) >= 11 is 0. The van der Waals surface area contributed by atoms with Crippen LogP contribution in [0.3, 0.4) is 0 Å². The van der Waals surface area contributed by atoms with Crippen LogP contribution in [0.5, 0.6) is 0 Å². The van der Waals surface area contributed by atoms with Crippen LogP contribution in [0.2, 0.25) is 0 Å². The summed E-state index contributed by atoms with van der Waals surface area (Å²) in [5.41, 5.74) is 0.670. The highest BCUT2D eigenvalue weighted by molar-refractivity contribution is 5.89. The van der Waals surface area contributed by atoms with Gasteiger partial charge in [0.15, 0.2) is 0 Å². The number of benzene rings is 1. The minimum atomic E-state index is -0.657. The molecule has 1 aliphatic carbocycles. The van der Waals surface area contributed by atoms with Crippen LogP contribution >= 0.6 is 0 Å². The van der Waals surface area contributed by atoms with E-state index in [1.165, 1.54) is 0 Å². The molecule has 0 heterocycles. The first-order chi connectivity index (χ1) is 10.5. The second kappa shape index (κ2) is 7.75. The maximum Gasteiger partial charge on any atom is 0.230 e. The topological polar surface area (TPSA) is 58.6 Å². The van der Waals surface area contributed by atoms with Gasteiger partial charge in [-0.25, -0.2) is 0 Å². The monoisotopic (exact) mass is 305 g/mol. The van der Waals surface area contributed by atoms with E-state index >= 15 is 0 Å². The van der Waals surface area contributed by atoms with Gasteiger partial charge in [-0.15, -0.1) is 0 Å². The van der Waals surface area contributed by atoms with E-state index in [1.807, 2.05) is 30.3 Å². The Hall–Kier alpha value is -1.39. The van der Waals surface area contributed by atoms with Gasteiger partial charge in [-0.2, -0.15) is 0 Å². The number of carbonyl (C=O) groups is 1. The van der Waals surface area contributed by atoms with Crippen molar-refractivity contribution in [2.24, 2.45) is 5.92 Å². The minimum absolute atomic E-state index is 0.0212. The van der Waals surface area contributed by atoms with Crippen molar-refractivity contribution in [3.8, 4) is 0 Å². The molecule has 0 radical (unpaired) electrons. The Labute approximate surface area is 132 Å². The second-order valence-electron chi connectivity index (χ2n) is 6.60. The van der Waals surface area contributed by atoms with E-state index in [1.54, 1.807) is 0 Å². The van der Waals surface area contributed by atoms with E-state index < -0.39 is 11.5 Å². The largest absolute Gasteiger partial charge is 0.389 e. The summed E-state index contributed by atoms with van der Waals surface area (Å²) in [6.07, 6.45) is 2.17. The van der Waals surface area contributed by atoms with Crippen LogP contribution in [-0.2, 0) is 14.9 Å². The minimum Gasteiger partial charge on any atom is -0.389 e. The van der Waals surface area contributed by atoms with Gasteiger partial charge in [0.05, 0.1) is 18.1 Å². The predicted octanol–water partition coefficient (Wildman–Crippen LogP) is 2.26. The van der Waals surface area contributed by atoms with Gasteiger partial charge in [0.25, 0.3) is 0 Å². The summed E-state index contributed by atoms with van der Waals surface area (Å²) in [6.45, 7) is 5.25. The molecule has 1 aliphatic rings. The molecule has 1 saturated carbocycles. The molecule has 0 aromatic heterocycles. The van der Waals surface area contributed by atoms with E-state index in [0.29, 0.717) is 12.5 Å². The van der Waals surface area contributed by atoms with Crippen molar-refractivity contribution in [1.29, 1.82) is 0 Å². The number of amides is 1. The highest BCUT2D eigenvalue weighted by Gasteiger charge is 2.45. The first-order valence-electron chi connectivity index (χ1n) is 8.14. The summed E-state index contributed by atoms with van der Waals surface area (Å²) in [6, 6.07) is 9.93. The van der Waals surface area contributed by atoms with E-state index in [2.05, 4.69) is 19.2 Å². The van der Waals surface area contributed by atoms with Crippen LogP contribution in [0.25, 0.3) is 0 Å². The molecule has 1 amide bonds. The Morgan fingerprint density at radius 3 is 2.50 bits per heavy atom. The number of aliphatic hydroxyl groups excluding tert-OH is 1. The lowest BCUT2D eigenvalue weighted by Gasteiger charge is -2.40. The number of hydrogen-bond donors (Lipinski definition) is 2. The molecule has 0 bridgehead atoms. The molecule has 122 valence electrons. The number of carbonyl (C=O) groups excluding carboxylic acids is 1. The molecule has 4 heteroatoms. The van der Waals surface area contributed by atoms with E-state index in [4.69, 9.17) is 4.74 Å². The summed E-state index contributed by atoms with van der Waals surface area (Å²) in [5.74, 6) is 0.464. The van der Waals surface area contributed by atoms with Crippen molar-refractivity contribution in [3.05, 3.63) is 35.9 Å². The van der Waals surface area contributed by atoms with Gasteiger partial charge in [-0.3, -0.25) is 4.79 Å². The van der Waals surface area contributed by atoms with Crippen LogP contribution in [0, 0.1) is 5.92 Å². The molecule has 0 aliphatic heterocycles. The van der Waals surface area contributed by atoms with Crippen molar-refractivity contribution in [3.63, 3.8) is 0 Å². The van der Waals surface area contributed by atoms with Crippen molar-refractivity contribution in [2.75, 3.05) is 19.8 Å². The standard InChI is InChI=1S/C18H27NO3/c1-14(2)12-22-13-16(20)11-19-17(21)18(9-6-10-18)15-7-4-3-5-8-15/h3-5,7-8,14,16,20H,6,9-13H2,1-2H3,(H,19,21). The van der Waals surface area contributed by atoms with Crippen LogP contribution < -0.4 is 5.32 Å². The lowest BCUT2D eigenvalue weighted by molar-refractivity contribution is -0.130. The molecule has 2 N–H and O–H groups in total. The van der Waals surface area contributed by atoms with Gasteiger partial charge in [0.2, 0.25) is 5.91 Å². The zero-order chi connectivity index (χ0) is 16.0. The second-order valence-corrected chi connectivity index (χ2v) is 6.60. The average Bonchev–Trinajstić information content (AvgIpc) is 2.45. The molecule has 1 aromatic carbocycles. The third-order valence-electron chi connectivity index (χ3n) is 4.23. The Balaban J connectivity index is 1.83. The first-order valence-corrected chi connectivity index (χ1v) is 8.14. The van der Waals surface area contributed by atoms with Gasteiger partial charge in [-0.1, -0.05) is 50.6 Å². The van der Waals surface area contributed by atoms with Gasteiger partial charge < -0.3 is 15.2 Å². The number of ether oxygens (including phenoxy) is 1. The van der Waals surface area contributed by atoms with Gasteiger partial charge >= 0.3 is 0 Å². The lowest BCUT2D eigenvalue weighted by Crippen LogP contribution is -2.51. The van der Waals surface area contributed by atoms with Gasteiger partial charge in [0.1, 0.15) is 0 Å². The number of hydrogen-bond acceptors (Lipinski definition) is 3. The molecular formula is C18H27NO3. The molecule has 22 heavy (non-hydrogen) atoms. The maximum atomic E-state index is 12.6. The molecule has 1 atom stereocenters. The summed E-state index contributed by atoms with van der Waals surface area (Å²) in [4.78, 5) is 12.6. The molecule has 2 rings (SSSR count). The first kappa shape index (κ1) is 17.0. The fraction of sp³-hybridized carbons (Fsp3) is 0.611. The third kappa shape index (κ3) is 4.08. The molecule has 1 aromatic rings. The Morgan fingerprint density at radius 2 is 1.95 bits per heavy atom. The SMILES string of the molecule is CC(C)COCC(O)CNC(=O)C1(c2ccccc2)CCC1. The summed E-state index contributed by atoms with van der Waals surface area (Å²) < 4.78 is 5.40. The van der Waals surface area contributed by atoms with E-state index in [-0.39, 0.29) is 19.1 Å². The molecule has 0 saturated heterocycles. The van der Waals surface area contributed by atoms with Crippen molar-refractivity contribution in [1.82, 2.24) is 5.32 Å². The smallest absolute Gasteiger partial charge is 0.230 e. The van der Waals surface area contributed by atoms with E-state index in [0.717, 1.165) is 24.8 Å². The molecule has 0 spiro atoms. The van der Waals surface area contributed by atoms with Crippen molar-refractivity contribution < 1.29 is 14.6 Å². The molecule has 4 nitrogen and oxygen atoms in total. The van der Waals surface area contributed by atoms with E-state index in [9.17, 15) is 9.90 Å². The van der Waals surface area contributed by atoms with Crippen LogP contribution in [0.15, 0.2) is 30.3 Å². The number of rotatable bonds is 8. The maximum absolute atomic E-state index is 12.6. The fourth-order valence-electron chi connectivity index (χ4n) is 2.81. The third-order valence-corrected chi connectivity index (χ3v) is 4.23. The summed E-state index contributed by atoms with van der Waals surface area (Å²) in [5, 5.41) is 12.8. The van der Waals surface area contributed by atoms with Crippen LogP contribution in [-0.4, -0.2) is 36.9 Å². The quantitative estimate of drug-likeness (QED) is 0.774. The molecule has 1 fully saturated rings. The summed E-state index contributed by atoms with van der Waals surface area (Å²) in [7, 11) is 0. The van der Waals surface area contributed by atoms with Gasteiger partial charge in [0, 0.05) is 13.2 Å².